The van der Waals surface area contributed by atoms with Crippen molar-refractivity contribution in [2.24, 2.45) is 0 Å². The highest BCUT2D eigenvalue weighted by atomic mass is 32.1. The summed E-state index contributed by atoms with van der Waals surface area (Å²) in [4.78, 5) is 39.6. The molecule has 204 valence electrons. The topological polar surface area (TPSA) is 91.4 Å². The molecule has 2 fully saturated rings. The molecular weight excluding hydrogens is 511 g/mol. The fraction of sp³-hybridized carbons (Fsp3) is 0.556. The molecule has 1 saturated carbocycles. The van der Waals surface area contributed by atoms with Crippen molar-refractivity contribution in [2.75, 3.05) is 20.6 Å². The standard InChI is InChI=1S/C17H21N3OS.C6H13NOS.C4H5FO/c1-12-16(22-11-19-12)14-7-5-13(6-8-14)10-18-17(21)15-4-3-9-20(15)2;1-6(2,9)5(4-8)7-3;5-4(3-6)1-2-4/h5-8,11,15H,3-4,9-10H2,1-2H3,(H,18,21);4-5,7,9H,1-3H3;3H,1-2H2/t15-;;/m0../s1. The van der Waals surface area contributed by atoms with Crippen LogP contribution in [0.15, 0.2) is 29.8 Å². The zero-order chi connectivity index (χ0) is 27.6. The van der Waals surface area contributed by atoms with Gasteiger partial charge in [0.05, 0.1) is 28.2 Å². The molecule has 1 aromatic carbocycles. The Kier molecular flexibility index (Phi) is 11.9. The van der Waals surface area contributed by atoms with Crippen LogP contribution in [0.5, 0.6) is 0 Å². The lowest BCUT2D eigenvalue weighted by Crippen LogP contribution is -2.42. The summed E-state index contributed by atoms with van der Waals surface area (Å²) in [5, 5.41) is 5.89. The zero-order valence-corrected chi connectivity index (χ0v) is 24.0. The Labute approximate surface area is 229 Å². The molecule has 2 N–H and O–H groups in total. The Bertz CT molecular complexity index is 1020. The molecular formula is C27H39FN4O3S2. The van der Waals surface area contributed by atoms with E-state index in [1.807, 2.05) is 33.3 Å². The molecule has 10 heteroatoms. The molecule has 2 atom stereocenters. The Morgan fingerprint density at radius 3 is 2.32 bits per heavy atom. The molecule has 1 aliphatic heterocycles. The SMILES string of the molecule is CNC(C=O)C(C)(C)S.Cc1ncsc1-c1ccc(CNC(=O)[C@@H]2CCCN2C)cc1.O=CC1(F)CC1. The number of carbonyl (C=O) groups is 3. The number of aryl methyl sites for hydroxylation is 1. The van der Waals surface area contributed by atoms with E-state index in [9.17, 15) is 18.8 Å². The number of aromatic nitrogens is 1. The first-order valence-electron chi connectivity index (χ1n) is 12.4. The largest absolute Gasteiger partial charge is 0.351 e. The number of halogens is 1. The lowest BCUT2D eigenvalue weighted by atomic mass is 10.1. The van der Waals surface area contributed by atoms with Gasteiger partial charge in [-0.05, 0) is 78.2 Å². The van der Waals surface area contributed by atoms with Crippen LogP contribution >= 0.6 is 24.0 Å². The summed E-state index contributed by atoms with van der Waals surface area (Å²) in [7, 11) is 3.76. The van der Waals surface area contributed by atoms with Crippen LogP contribution in [0.2, 0.25) is 0 Å². The van der Waals surface area contributed by atoms with E-state index in [4.69, 9.17) is 0 Å². The van der Waals surface area contributed by atoms with Crippen molar-refractivity contribution in [3.8, 4) is 10.4 Å². The van der Waals surface area contributed by atoms with Gasteiger partial charge in [0.15, 0.2) is 12.0 Å². The lowest BCUT2D eigenvalue weighted by Gasteiger charge is -2.23. The fourth-order valence-electron chi connectivity index (χ4n) is 3.73. The molecule has 4 rings (SSSR count). The molecule has 2 aliphatic rings. The van der Waals surface area contributed by atoms with E-state index in [-0.39, 0.29) is 22.7 Å². The second-order valence-electron chi connectivity index (χ2n) is 10.0. The summed E-state index contributed by atoms with van der Waals surface area (Å²) < 4.78 is 11.6. The van der Waals surface area contributed by atoms with Crippen LogP contribution in [0, 0.1) is 6.92 Å². The fourth-order valence-corrected chi connectivity index (χ4v) is 4.73. The molecule has 0 radical (unpaired) electrons. The Morgan fingerprint density at radius 2 is 1.97 bits per heavy atom. The van der Waals surface area contributed by atoms with Crippen LogP contribution < -0.4 is 10.6 Å². The summed E-state index contributed by atoms with van der Waals surface area (Å²) in [6, 6.07) is 8.23. The van der Waals surface area contributed by atoms with Gasteiger partial charge in [-0.2, -0.15) is 12.6 Å². The van der Waals surface area contributed by atoms with Crippen molar-refractivity contribution in [1.29, 1.82) is 0 Å². The maximum Gasteiger partial charge on any atom is 0.237 e. The monoisotopic (exact) mass is 550 g/mol. The molecule has 37 heavy (non-hydrogen) atoms. The van der Waals surface area contributed by atoms with Gasteiger partial charge in [-0.25, -0.2) is 9.37 Å². The zero-order valence-electron chi connectivity index (χ0n) is 22.3. The number of aldehydes is 2. The first-order chi connectivity index (χ1) is 17.4. The number of likely N-dealkylation sites (tertiary alicyclic amines) is 1. The first-order valence-corrected chi connectivity index (χ1v) is 13.7. The summed E-state index contributed by atoms with van der Waals surface area (Å²) in [6.45, 7) is 7.42. The van der Waals surface area contributed by atoms with Crippen molar-refractivity contribution in [2.45, 2.75) is 75.5 Å². The molecule has 0 bridgehead atoms. The Hall–Kier alpha value is -2.14. The van der Waals surface area contributed by atoms with E-state index in [0.29, 0.717) is 25.7 Å². The van der Waals surface area contributed by atoms with Gasteiger partial charge in [-0.1, -0.05) is 24.3 Å². The molecule has 1 aliphatic carbocycles. The van der Waals surface area contributed by atoms with Gasteiger partial charge in [0.1, 0.15) is 6.29 Å². The number of hydrogen-bond donors (Lipinski definition) is 3. The minimum atomic E-state index is -1.39. The van der Waals surface area contributed by atoms with Crippen LogP contribution in [0.4, 0.5) is 4.39 Å². The summed E-state index contributed by atoms with van der Waals surface area (Å²) in [5.74, 6) is 0.141. The molecule has 2 heterocycles. The second kappa shape index (κ2) is 14.1. The van der Waals surface area contributed by atoms with E-state index >= 15 is 0 Å². The number of benzene rings is 1. The highest BCUT2D eigenvalue weighted by Gasteiger charge is 2.42. The highest BCUT2D eigenvalue weighted by Crippen LogP contribution is 2.36. The molecule has 2 aromatic rings. The van der Waals surface area contributed by atoms with Crippen LogP contribution in [-0.2, 0) is 20.9 Å². The minimum Gasteiger partial charge on any atom is -0.351 e. The van der Waals surface area contributed by atoms with Gasteiger partial charge < -0.3 is 15.4 Å². The van der Waals surface area contributed by atoms with Crippen LogP contribution in [0.1, 0.15) is 50.8 Å². The average Bonchev–Trinajstić information content (AvgIpc) is 3.22. The average molecular weight is 551 g/mol. The van der Waals surface area contributed by atoms with E-state index in [0.717, 1.165) is 36.9 Å². The lowest BCUT2D eigenvalue weighted by molar-refractivity contribution is -0.125. The molecule has 1 saturated heterocycles. The van der Waals surface area contributed by atoms with Crippen LogP contribution in [0.3, 0.4) is 0 Å². The number of thiol groups is 1. The van der Waals surface area contributed by atoms with Gasteiger partial charge in [0.2, 0.25) is 5.91 Å². The quantitative estimate of drug-likeness (QED) is 0.340. The van der Waals surface area contributed by atoms with Gasteiger partial charge in [-0.3, -0.25) is 14.5 Å². The third-order valence-electron chi connectivity index (χ3n) is 6.40. The summed E-state index contributed by atoms with van der Waals surface area (Å²) in [6.07, 6.45) is 4.20. The number of alkyl halides is 1. The number of thiazole rings is 1. The Morgan fingerprint density at radius 1 is 1.32 bits per heavy atom. The maximum absolute atomic E-state index is 12.2. The third kappa shape index (κ3) is 9.92. The number of nitrogens with zero attached hydrogens (tertiary/aromatic N) is 2. The van der Waals surface area contributed by atoms with Crippen molar-refractivity contribution >= 4 is 42.4 Å². The predicted molar refractivity (Wildman–Crippen MR) is 151 cm³/mol. The molecule has 1 unspecified atom stereocenters. The number of amides is 1. The van der Waals surface area contributed by atoms with Crippen molar-refractivity contribution in [3.05, 3.63) is 41.0 Å². The maximum atomic E-state index is 12.2. The van der Waals surface area contributed by atoms with E-state index < -0.39 is 5.67 Å². The van der Waals surface area contributed by atoms with E-state index in [2.05, 4.69) is 57.4 Å². The molecule has 7 nitrogen and oxygen atoms in total. The van der Waals surface area contributed by atoms with E-state index in [1.54, 1.807) is 18.4 Å². The second-order valence-corrected chi connectivity index (χ2v) is 12.0. The number of carbonyl (C=O) groups excluding carboxylic acids is 3. The molecule has 1 amide bonds. The van der Waals surface area contributed by atoms with Crippen LogP contribution in [-0.4, -0.2) is 71.5 Å². The highest BCUT2D eigenvalue weighted by molar-refractivity contribution is 7.81. The minimum absolute atomic E-state index is 0.0408. The van der Waals surface area contributed by atoms with E-state index in [1.165, 1.54) is 10.4 Å². The summed E-state index contributed by atoms with van der Waals surface area (Å²) >= 11 is 5.87. The smallest absolute Gasteiger partial charge is 0.237 e. The third-order valence-corrected chi connectivity index (χ3v) is 7.65. The van der Waals surface area contributed by atoms with Gasteiger partial charge >= 0.3 is 0 Å². The number of likely N-dealkylation sites (N-methyl/N-ethyl adjacent to an activating group) is 2. The van der Waals surface area contributed by atoms with Gasteiger partial charge in [-0.15, -0.1) is 11.3 Å². The molecule has 0 spiro atoms. The van der Waals surface area contributed by atoms with Crippen molar-refractivity contribution in [3.63, 3.8) is 0 Å². The number of nitrogens with one attached hydrogen (secondary N) is 2. The predicted octanol–water partition coefficient (Wildman–Crippen LogP) is 4.00. The van der Waals surface area contributed by atoms with Crippen LogP contribution in [0.25, 0.3) is 10.4 Å². The normalized spacial score (nSPS) is 18.9. The van der Waals surface area contributed by atoms with Crippen molar-refractivity contribution < 1.29 is 18.8 Å². The number of rotatable bonds is 8. The molecule has 1 aromatic heterocycles. The Balaban J connectivity index is 0.000000263. The van der Waals surface area contributed by atoms with Gasteiger partial charge in [0, 0.05) is 11.3 Å². The summed E-state index contributed by atoms with van der Waals surface area (Å²) in [5.41, 5.74) is 3.86. The number of hydrogen-bond acceptors (Lipinski definition) is 8. The van der Waals surface area contributed by atoms with Crippen molar-refractivity contribution in [1.82, 2.24) is 20.5 Å². The first kappa shape index (κ1) is 31.1. The van der Waals surface area contributed by atoms with Gasteiger partial charge in [0.25, 0.3) is 0 Å².